The molecule has 0 aromatic carbocycles. The number of pyridine rings is 1. The van der Waals surface area contributed by atoms with Crippen molar-refractivity contribution in [1.82, 2.24) is 24.8 Å². The molecule has 31 heavy (non-hydrogen) atoms. The number of carbonyl (C=O) groups is 1. The van der Waals surface area contributed by atoms with Gasteiger partial charge >= 0.3 is 0 Å². The summed E-state index contributed by atoms with van der Waals surface area (Å²) in [5.74, 6) is 1.24. The Hall–Kier alpha value is -2.58. The van der Waals surface area contributed by atoms with E-state index in [1.807, 2.05) is 37.1 Å². The van der Waals surface area contributed by atoms with Gasteiger partial charge in [-0.25, -0.2) is 9.97 Å². The summed E-state index contributed by atoms with van der Waals surface area (Å²) in [4.78, 5) is 30.3. The third kappa shape index (κ3) is 5.98. The molecular weight excluding hydrogens is 392 g/mol. The zero-order chi connectivity index (χ0) is 21.6. The van der Waals surface area contributed by atoms with Gasteiger partial charge in [-0.1, -0.05) is 0 Å². The second-order valence-corrected chi connectivity index (χ2v) is 8.45. The van der Waals surface area contributed by atoms with Gasteiger partial charge in [0.05, 0.1) is 25.1 Å². The Bertz CT molecular complexity index is 862. The van der Waals surface area contributed by atoms with E-state index in [0.717, 1.165) is 68.3 Å². The molecule has 4 rings (SSSR count). The van der Waals surface area contributed by atoms with Crippen LogP contribution in [0.2, 0.25) is 0 Å². The van der Waals surface area contributed by atoms with Gasteiger partial charge in [0.2, 0.25) is 11.9 Å². The van der Waals surface area contributed by atoms with Gasteiger partial charge in [-0.15, -0.1) is 0 Å². The first-order valence-electron chi connectivity index (χ1n) is 11.2. The van der Waals surface area contributed by atoms with Crippen LogP contribution in [-0.4, -0.2) is 76.6 Å². The molecule has 1 unspecified atom stereocenters. The molecule has 2 aromatic rings. The third-order valence-electron chi connectivity index (χ3n) is 5.95. The maximum Gasteiger partial charge on any atom is 0.227 e. The molecule has 1 atom stereocenters. The fraction of sp³-hybridized carbons (Fsp3) is 0.565. The average Bonchev–Trinajstić information content (AvgIpc) is 2.78. The lowest BCUT2D eigenvalue weighted by Crippen LogP contribution is -2.43. The lowest BCUT2D eigenvalue weighted by molar-refractivity contribution is -0.135. The van der Waals surface area contributed by atoms with Crippen LogP contribution in [-0.2, 0) is 9.53 Å². The second-order valence-electron chi connectivity index (χ2n) is 8.45. The molecule has 2 saturated heterocycles. The first kappa shape index (κ1) is 21.6. The second kappa shape index (κ2) is 10.2. The molecule has 2 fully saturated rings. The predicted octanol–water partition coefficient (Wildman–Crippen LogP) is 2.66. The van der Waals surface area contributed by atoms with E-state index in [-0.39, 0.29) is 5.91 Å². The number of piperidine rings is 1. The topological polar surface area (TPSA) is 83.5 Å². The number of hydrogen-bond donors (Lipinski definition) is 1. The van der Waals surface area contributed by atoms with E-state index in [2.05, 4.69) is 26.3 Å². The van der Waals surface area contributed by atoms with Crippen molar-refractivity contribution in [1.29, 1.82) is 0 Å². The highest BCUT2D eigenvalue weighted by Crippen LogP contribution is 2.26. The van der Waals surface area contributed by atoms with Crippen molar-refractivity contribution in [2.75, 3.05) is 51.3 Å². The normalized spacial score (nSPS) is 19.9. The van der Waals surface area contributed by atoms with Crippen LogP contribution in [0.1, 0.15) is 42.3 Å². The smallest absolute Gasteiger partial charge is 0.227 e. The molecule has 1 amide bonds. The van der Waals surface area contributed by atoms with Crippen LogP contribution in [0.5, 0.6) is 0 Å². The molecule has 4 heterocycles. The molecule has 0 saturated carbocycles. The molecule has 2 aromatic heterocycles. The van der Waals surface area contributed by atoms with Gasteiger partial charge in [0.25, 0.3) is 0 Å². The number of aromatic nitrogens is 3. The van der Waals surface area contributed by atoms with Crippen molar-refractivity contribution < 1.29 is 9.53 Å². The molecule has 2 aliphatic heterocycles. The van der Waals surface area contributed by atoms with Gasteiger partial charge in [0.15, 0.2) is 0 Å². The highest BCUT2D eigenvalue weighted by molar-refractivity contribution is 5.76. The maximum atomic E-state index is 12.4. The number of likely N-dealkylation sites (tertiary alicyclic amines) is 1. The standard InChI is InChI=1S/C23H32N6O2/c1-17-14-18(2)26-23(25-17)27-20-5-6-21(24-15-20)19-4-3-8-28(16-19)9-7-22(30)29-10-12-31-13-11-29/h5-6,14-15,19H,3-4,7-13,16H2,1-2H3,(H,25,26,27). The van der Waals surface area contributed by atoms with Crippen molar-refractivity contribution in [3.8, 4) is 0 Å². The van der Waals surface area contributed by atoms with E-state index in [4.69, 9.17) is 9.72 Å². The molecule has 2 aliphatic rings. The number of hydrogen-bond acceptors (Lipinski definition) is 7. The van der Waals surface area contributed by atoms with E-state index in [1.165, 1.54) is 0 Å². The molecule has 0 radical (unpaired) electrons. The van der Waals surface area contributed by atoms with Gasteiger partial charge in [-0.2, -0.15) is 0 Å². The Labute approximate surface area is 184 Å². The van der Waals surface area contributed by atoms with E-state index in [9.17, 15) is 4.79 Å². The number of nitrogens with zero attached hydrogens (tertiary/aromatic N) is 5. The molecular formula is C23H32N6O2. The minimum absolute atomic E-state index is 0.243. The number of amides is 1. The first-order chi connectivity index (χ1) is 15.1. The van der Waals surface area contributed by atoms with Crippen molar-refractivity contribution in [3.05, 3.63) is 41.5 Å². The van der Waals surface area contributed by atoms with Crippen molar-refractivity contribution in [2.24, 2.45) is 0 Å². The van der Waals surface area contributed by atoms with E-state index in [0.29, 0.717) is 31.5 Å². The maximum absolute atomic E-state index is 12.4. The number of nitrogens with one attached hydrogen (secondary N) is 1. The Morgan fingerprint density at radius 1 is 1.16 bits per heavy atom. The van der Waals surface area contributed by atoms with Crippen LogP contribution in [0.15, 0.2) is 24.4 Å². The lowest BCUT2D eigenvalue weighted by Gasteiger charge is -2.33. The van der Waals surface area contributed by atoms with Crippen molar-refractivity contribution >= 4 is 17.5 Å². The summed E-state index contributed by atoms with van der Waals surface area (Å²) in [5.41, 5.74) is 3.87. The number of ether oxygens (including phenoxy) is 1. The summed E-state index contributed by atoms with van der Waals surface area (Å²) < 4.78 is 5.34. The van der Waals surface area contributed by atoms with Crippen LogP contribution < -0.4 is 5.32 Å². The molecule has 8 nitrogen and oxygen atoms in total. The van der Waals surface area contributed by atoms with Gasteiger partial charge < -0.3 is 19.9 Å². The number of morpholine rings is 1. The zero-order valence-electron chi connectivity index (χ0n) is 18.5. The van der Waals surface area contributed by atoms with Gasteiger partial charge in [0.1, 0.15) is 0 Å². The summed E-state index contributed by atoms with van der Waals surface area (Å²) in [7, 11) is 0. The van der Waals surface area contributed by atoms with Crippen molar-refractivity contribution in [2.45, 2.75) is 39.0 Å². The third-order valence-corrected chi connectivity index (χ3v) is 5.95. The largest absolute Gasteiger partial charge is 0.378 e. The highest BCUT2D eigenvalue weighted by Gasteiger charge is 2.24. The molecule has 1 N–H and O–H groups in total. The monoisotopic (exact) mass is 424 g/mol. The van der Waals surface area contributed by atoms with E-state index < -0.39 is 0 Å². The molecule has 0 bridgehead atoms. The SMILES string of the molecule is Cc1cc(C)nc(Nc2ccc(C3CCCN(CCC(=O)N4CCOCC4)C3)nc2)n1. The van der Waals surface area contributed by atoms with Crippen LogP contribution in [0.4, 0.5) is 11.6 Å². The lowest BCUT2D eigenvalue weighted by atomic mass is 9.94. The van der Waals surface area contributed by atoms with E-state index >= 15 is 0 Å². The highest BCUT2D eigenvalue weighted by atomic mass is 16.5. The molecule has 0 spiro atoms. The Balaban J connectivity index is 1.30. The molecule has 166 valence electrons. The summed E-state index contributed by atoms with van der Waals surface area (Å²) >= 11 is 0. The number of anilines is 2. The summed E-state index contributed by atoms with van der Waals surface area (Å²) in [6.07, 6.45) is 4.71. The van der Waals surface area contributed by atoms with Gasteiger partial charge in [-0.3, -0.25) is 9.78 Å². The van der Waals surface area contributed by atoms with Gasteiger partial charge in [-0.05, 0) is 51.4 Å². The van der Waals surface area contributed by atoms with Crippen molar-refractivity contribution in [3.63, 3.8) is 0 Å². The van der Waals surface area contributed by atoms with Crippen LogP contribution >= 0.6 is 0 Å². The van der Waals surface area contributed by atoms with Crippen LogP contribution in [0.3, 0.4) is 0 Å². The Morgan fingerprint density at radius 3 is 2.65 bits per heavy atom. The average molecular weight is 425 g/mol. The summed E-state index contributed by atoms with van der Waals surface area (Å²) in [5, 5.41) is 3.24. The quantitative estimate of drug-likeness (QED) is 0.763. The minimum atomic E-state index is 0.243. The fourth-order valence-corrected chi connectivity index (χ4v) is 4.36. The number of carbonyl (C=O) groups excluding carboxylic acids is 1. The summed E-state index contributed by atoms with van der Waals surface area (Å²) in [6.45, 7) is 9.50. The predicted molar refractivity (Wildman–Crippen MR) is 119 cm³/mol. The molecule has 0 aliphatic carbocycles. The minimum Gasteiger partial charge on any atom is -0.378 e. The zero-order valence-corrected chi connectivity index (χ0v) is 18.5. The Kier molecular flexibility index (Phi) is 7.09. The fourth-order valence-electron chi connectivity index (χ4n) is 4.36. The number of aryl methyl sites for hydroxylation is 2. The van der Waals surface area contributed by atoms with E-state index in [1.54, 1.807) is 0 Å². The Morgan fingerprint density at radius 2 is 1.94 bits per heavy atom. The molecule has 8 heteroatoms. The first-order valence-corrected chi connectivity index (χ1v) is 11.2. The number of rotatable bonds is 6. The summed E-state index contributed by atoms with van der Waals surface area (Å²) in [6, 6.07) is 6.10. The van der Waals surface area contributed by atoms with Gasteiger partial charge in [0, 0.05) is 55.6 Å². The van der Waals surface area contributed by atoms with Crippen LogP contribution in [0, 0.1) is 13.8 Å². The van der Waals surface area contributed by atoms with Crippen LogP contribution in [0.25, 0.3) is 0 Å².